The highest BCUT2D eigenvalue weighted by Gasteiger charge is 2.31. The summed E-state index contributed by atoms with van der Waals surface area (Å²) in [6.07, 6.45) is -4.53. The zero-order valence-electron chi connectivity index (χ0n) is 14.0. The molecule has 0 aromatic heterocycles. The van der Waals surface area contributed by atoms with Crippen LogP contribution in [0.2, 0.25) is 0 Å². The van der Waals surface area contributed by atoms with Gasteiger partial charge in [0.15, 0.2) is 11.5 Å². The Kier molecular flexibility index (Phi) is 5.32. The van der Waals surface area contributed by atoms with Gasteiger partial charge in [0.1, 0.15) is 18.4 Å². The highest BCUT2D eigenvalue weighted by molar-refractivity contribution is 5.50. The van der Waals surface area contributed by atoms with E-state index in [-0.39, 0.29) is 23.7 Å². The highest BCUT2D eigenvalue weighted by Crippen LogP contribution is 2.37. The molecule has 0 saturated heterocycles. The first-order chi connectivity index (χ1) is 13.0. The molecule has 3 aromatic rings. The summed E-state index contributed by atoms with van der Waals surface area (Å²) in [7, 11) is 0. The number of alkyl halides is 3. The van der Waals surface area contributed by atoms with Crippen LogP contribution in [-0.2, 0) is 12.8 Å². The lowest BCUT2D eigenvalue weighted by atomic mass is 10.1. The Hall–Kier alpha value is -3.46. The van der Waals surface area contributed by atoms with Crippen molar-refractivity contribution < 1.29 is 22.6 Å². The van der Waals surface area contributed by atoms with E-state index in [0.717, 1.165) is 23.8 Å². The third-order valence-corrected chi connectivity index (χ3v) is 3.74. The van der Waals surface area contributed by atoms with Crippen molar-refractivity contribution in [2.45, 2.75) is 12.8 Å². The first-order valence-corrected chi connectivity index (χ1v) is 8.02. The van der Waals surface area contributed by atoms with Gasteiger partial charge in [0.2, 0.25) is 0 Å². The Balaban J connectivity index is 1.87. The normalized spacial score (nSPS) is 10.9. The van der Waals surface area contributed by atoms with Crippen LogP contribution in [0.4, 0.5) is 13.2 Å². The molecule has 6 heteroatoms. The van der Waals surface area contributed by atoms with Gasteiger partial charge in [-0.05, 0) is 35.9 Å². The summed E-state index contributed by atoms with van der Waals surface area (Å²) >= 11 is 0. The van der Waals surface area contributed by atoms with E-state index in [4.69, 9.17) is 14.7 Å². The van der Waals surface area contributed by atoms with E-state index in [1.54, 1.807) is 24.3 Å². The van der Waals surface area contributed by atoms with Gasteiger partial charge in [0.05, 0.1) is 11.1 Å². The van der Waals surface area contributed by atoms with Crippen LogP contribution in [0.25, 0.3) is 0 Å². The maximum absolute atomic E-state index is 13.0. The highest BCUT2D eigenvalue weighted by atomic mass is 19.4. The Morgan fingerprint density at radius 3 is 2.15 bits per heavy atom. The minimum atomic E-state index is -4.53. The topological polar surface area (TPSA) is 42.2 Å². The Morgan fingerprint density at radius 2 is 1.48 bits per heavy atom. The molecule has 0 N–H and O–H groups in total. The largest absolute Gasteiger partial charge is 0.485 e. The number of para-hydroxylation sites is 2. The summed E-state index contributed by atoms with van der Waals surface area (Å²) in [5, 5.41) is 9.17. The van der Waals surface area contributed by atoms with Crippen molar-refractivity contribution in [3.8, 4) is 23.3 Å². The molecular weight excluding hydrogens is 355 g/mol. The van der Waals surface area contributed by atoms with Gasteiger partial charge in [-0.1, -0.05) is 42.5 Å². The minimum Gasteiger partial charge on any atom is -0.485 e. The predicted octanol–water partition coefficient (Wildman–Crippen LogP) is 5.95. The van der Waals surface area contributed by atoms with Crippen LogP contribution in [0.15, 0.2) is 72.8 Å². The van der Waals surface area contributed by atoms with Crippen LogP contribution >= 0.6 is 0 Å². The molecule has 3 nitrogen and oxygen atoms in total. The van der Waals surface area contributed by atoms with E-state index >= 15 is 0 Å². The van der Waals surface area contributed by atoms with E-state index in [0.29, 0.717) is 5.75 Å². The molecular formula is C21H14F3NO2. The fourth-order valence-electron chi connectivity index (χ4n) is 2.38. The molecule has 0 spiro atoms. The third kappa shape index (κ3) is 4.59. The van der Waals surface area contributed by atoms with Crippen molar-refractivity contribution in [1.82, 2.24) is 0 Å². The molecule has 3 aromatic carbocycles. The summed E-state index contributed by atoms with van der Waals surface area (Å²) < 4.78 is 50.2. The van der Waals surface area contributed by atoms with Gasteiger partial charge in [-0.25, -0.2) is 0 Å². The molecule has 0 aliphatic heterocycles. The van der Waals surface area contributed by atoms with Crippen molar-refractivity contribution in [1.29, 1.82) is 5.26 Å². The monoisotopic (exact) mass is 369 g/mol. The minimum absolute atomic E-state index is 0.000799. The Labute approximate surface area is 154 Å². The molecule has 0 bridgehead atoms. The molecule has 3 rings (SSSR count). The van der Waals surface area contributed by atoms with Gasteiger partial charge in [-0.2, -0.15) is 18.4 Å². The maximum Gasteiger partial charge on any atom is 0.416 e. The molecule has 0 aliphatic rings. The standard InChI is InChI=1S/C21H14F3NO2/c22-21(23,24)17-11-10-16(13-25)20(12-17)27-19-9-5-4-8-18(19)26-14-15-6-2-1-3-7-15/h1-12H,14H2. The van der Waals surface area contributed by atoms with Crippen molar-refractivity contribution in [3.63, 3.8) is 0 Å². The summed E-state index contributed by atoms with van der Waals surface area (Å²) in [5.41, 5.74) is 0.0455. The second-order valence-corrected chi connectivity index (χ2v) is 5.64. The molecule has 0 radical (unpaired) electrons. The van der Waals surface area contributed by atoms with Crippen LogP contribution in [0, 0.1) is 11.3 Å². The fourth-order valence-corrected chi connectivity index (χ4v) is 2.38. The lowest BCUT2D eigenvalue weighted by molar-refractivity contribution is -0.137. The average Bonchev–Trinajstić information content (AvgIpc) is 2.67. The Bertz CT molecular complexity index is 963. The van der Waals surface area contributed by atoms with Gasteiger partial charge in [0, 0.05) is 0 Å². The SMILES string of the molecule is N#Cc1ccc(C(F)(F)F)cc1Oc1ccccc1OCc1ccccc1. The number of hydrogen-bond donors (Lipinski definition) is 0. The van der Waals surface area contributed by atoms with Gasteiger partial charge in [-0.3, -0.25) is 0 Å². The van der Waals surface area contributed by atoms with Crippen molar-refractivity contribution in [3.05, 3.63) is 89.5 Å². The lowest BCUT2D eigenvalue weighted by Crippen LogP contribution is -2.05. The van der Waals surface area contributed by atoms with E-state index in [9.17, 15) is 13.2 Å². The lowest BCUT2D eigenvalue weighted by Gasteiger charge is -2.14. The van der Waals surface area contributed by atoms with Crippen LogP contribution in [0.3, 0.4) is 0 Å². The van der Waals surface area contributed by atoms with Crippen LogP contribution in [0.5, 0.6) is 17.2 Å². The number of hydrogen-bond acceptors (Lipinski definition) is 3. The summed E-state index contributed by atoms with van der Waals surface area (Å²) in [5.74, 6) is 0.412. The van der Waals surface area contributed by atoms with Crippen LogP contribution < -0.4 is 9.47 Å². The van der Waals surface area contributed by atoms with E-state index in [1.807, 2.05) is 36.4 Å². The van der Waals surface area contributed by atoms with Crippen LogP contribution in [-0.4, -0.2) is 0 Å². The molecule has 136 valence electrons. The van der Waals surface area contributed by atoms with Crippen molar-refractivity contribution in [2.24, 2.45) is 0 Å². The number of benzene rings is 3. The number of nitrogens with zero attached hydrogens (tertiary/aromatic N) is 1. The molecule has 0 amide bonds. The van der Waals surface area contributed by atoms with Gasteiger partial charge < -0.3 is 9.47 Å². The van der Waals surface area contributed by atoms with Crippen LogP contribution in [0.1, 0.15) is 16.7 Å². The molecule has 0 unspecified atom stereocenters. The van der Waals surface area contributed by atoms with Gasteiger partial charge >= 0.3 is 6.18 Å². The van der Waals surface area contributed by atoms with Crippen molar-refractivity contribution in [2.75, 3.05) is 0 Å². The number of ether oxygens (including phenoxy) is 2. The molecule has 0 fully saturated rings. The van der Waals surface area contributed by atoms with E-state index in [2.05, 4.69) is 0 Å². The third-order valence-electron chi connectivity index (χ3n) is 3.74. The molecule has 27 heavy (non-hydrogen) atoms. The molecule has 0 aliphatic carbocycles. The molecule has 0 saturated carbocycles. The van der Waals surface area contributed by atoms with Gasteiger partial charge in [-0.15, -0.1) is 0 Å². The number of halogens is 3. The smallest absolute Gasteiger partial charge is 0.416 e. The van der Waals surface area contributed by atoms with Crippen molar-refractivity contribution >= 4 is 0 Å². The second kappa shape index (κ2) is 7.83. The first kappa shape index (κ1) is 18.3. The van der Waals surface area contributed by atoms with E-state index in [1.165, 1.54) is 0 Å². The number of rotatable bonds is 5. The summed E-state index contributed by atoms with van der Waals surface area (Å²) in [6.45, 7) is 0.273. The quantitative estimate of drug-likeness (QED) is 0.558. The fraction of sp³-hybridized carbons (Fsp3) is 0.0952. The predicted molar refractivity (Wildman–Crippen MR) is 93.4 cm³/mol. The zero-order chi connectivity index (χ0) is 19.3. The molecule has 0 heterocycles. The van der Waals surface area contributed by atoms with E-state index < -0.39 is 11.7 Å². The summed E-state index contributed by atoms with van der Waals surface area (Å²) in [4.78, 5) is 0. The maximum atomic E-state index is 13.0. The summed E-state index contributed by atoms with van der Waals surface area (Å²) in [6, 6.07) is 20.6. The molecule has 0 atom stereocenters. The number of nitriles is 1. The first-order valence-electron chi connectivity index (χ1n) is 8.02. The van der Waals surface area contributed by atoms with Gasteiger partial charge in [0.25, 0.3) is 0 Å². The zero-order valence-corrected chi connectivity index (χ0v) is 14.0. The average molecular weight is 369 g/mol. The Morgan fingerprint density at radius 1 is 0.815 bits per heavy atom. The second-order valence-electron chi connectivity index (χ2n) is 5.64.